The molecule has 0 bridgehead atoms. The summed E-state index contributed by atoms with van der Waals surface area (Å²) in [5, 5.41) is 27.9. The van der Waals surface area contributed by atoms with Crippen LogP contribution in [-0.2, 0) is 22.7 Å². The zero-order valence-corrected chi connectivity index (χ0v) is 25.3. The number of carboxylic acid groups (broad SMARTS) is 1. The number of carbonyl (C=O) groups is 2. The predicted molar refractivity (Wildman–Crippen MR) is 170 cm³/mol. The number of amides is 1. The number of aliphatic carboxylic acids is 1. The van der Waals surface area contributed by atoms with Crippen LogP contribution in [0.15, 0.2) is 91.0 Å². The van der Waals surface area contributed by atoms with E-state index < -0.39 is 24.5 Å². The lowest BCUT2D eigenvalue weighted by Gasteiger charge is -2.22. The Morgan fingerprint density at radius 3 is 2.28 bits per heavy atom. The SMILES string of the molecule is CNCc1cc(NC(=O)CC(C)c2cc(C(Nc3ccc(C#N)cc3)C(=O)O)ccc2OCc2ccccc2)ccc1OC(F)F. The maximum Gasteiger partial charge on any atom is 0.387 e. The number of carbonyl (C=O) groups excluding carboxylic acids is 1. The standard InChI is InChI=1S/C35H34F2N4O5/c1-22(16-32(42)40-28-13-15-30(46-35(36)37)26(17-28)20-39-2)29-18-25(10-14-31(29)45-21-24-6-4-3-5-7-24)33(34(43)44)41-27-11-8-23(19-38)9-12-27/h3-15,17-18,22,33,35,39,41H,16,20-21H2,1-2H3,(H,40,42)(H,43,44). The van der Waals surface area contributed by atoms with Gasteiger partial charge in [-0.05, 0) is 84.3 Å². The van der Waals surface area contributed by atoms with Crippen LogP contribution < -0.4 is 25.4 Å². The second kappa shape index (κ2) is 16.0. The normalized spacial score (nSPS) is 12.1. The van der Waals surface area contributed by atoms with Gasteiger partial charge in [0.15, 0.2) is 6.04 Å². The van der Waals surface area contributed by atoms with E-state index in [0.29, 0.717) is 39.4 Å². The molecule has 0 fully saturated rings. The number of hydrogen-bond donors (Lipinski definition) is 4. The molecule has 9 nitrogen and oxygen atoms in total. The molecule has 0 aliphatic carbocycles. The quantitative estimate of drug-likeness (QED) is 0.113. The Kier molecular flexibility index (Phi) is 11.6. The second-order valence-corrected chi connectivity index (χ2v) is 10.6. The summed E-state index contributed by atoms with van der Waals surface area (Å²) in [5.41, 5.74) is 3.84. The molecule has 4 N–H and O–H groups in total. The van der Waals surface area contributed by atoms with Gasteiger partial charge >= 0.3 is 12.6 Å². The van der Waals surface area contributed by atoms with E-state index >= 15 is 0 Å². The van der Waals surface area contributed by atoms with Crippen molar-refractivity contribution in [2.24, 2.45) is 0 Å². The van der Waals surface area contributed by atoms with Gasteiger partial charge in [-0.2, -0.15) is 14.0 Å². The third kappa shape index (κ3) is 9.27. The molecular formula is C35H34F2N4O5. The van der Waals surface area contributed by atoms with Gasteiger partial charge in [-0.3, -0.25) is 4.79 Å². The minimum Gasteiger partial charge on any atom is -0.489 e. The topological polar surface area (TPSA) is 133 Å². The fourth-order valence-electron chi connectivity index (χ4n) is 4.89. The molecule has 0 saturated carbocycles. The summed E-state index contributed by atoms with van der Waals surface area (Å²) in [6, 6.07) is 26.4. The Hall–Kier alpha value is -5.47. The maximum atomic E-state index is 13.2. The zero-order valence-electron chi connectivity index (χ0n) is 25.3. The van der Waals surface area contributed by atoms with Gasteiger partial charge in [0.2, 0.25) is 5.91 Å². The highest BCUT2D eigenvalue weighted by atomic mass is 19.3. The molecule has 11 heteroatoms. The molecule has 4 aromatic rings. The van der Waals surface area contributed by atoms with Crippen LogP contribution in [0, 0.1) is 11.3 Å². The van der Waals surface area contributed by atoms with E-state index in [-0.39, 0.29) is 31.2 Å². The molecule has 0 saturated heterocycles. The first-order chi connectivity index (χ1) is 22.2. The van der Waals surface area contributed by atoms with E-state index in [0.717, 1.165) is 5.56 Å². The minimum absolute atomic E-state index is 0.00957. The highest BCUT2D eigenvalue weighted by Gasteiger charge is 2.24. The van der Waals surface area contributed by atoms with Crippen molar-refractivity contribution in [3.63, 3.8) is 0 Å². The predicted octanol–water partition coefficient (Wildman–Crippen LogP) is 6.83. The van der Waals surface area contributed by atoms with Crippen molar-refractivity contribution in [2.75, 3.05) is 17.7 Å². The molecule has 238 valence electrons. The largest absolute Gasteiger partial charge is 0.489 e. The molecule has 1 amide bonds. The summed E-state index contributed by atoms with van der Waals surface area (Å²) in [6.45, 7) is -0.632. The van der Waals surface area contributed by atoms with Crippen LogP contribution in [0.2, 0.25) is 0 Å². The Labute approximate surface area is 265 Å². The van der Waals surface area contributed by atoms with E-state index in [4.69, 9.17) is 10.00 Å². The van der Waals surface area contributed by atoms with Crippen molar-refractivity contribution >= 4 is 23.3 Å². The van der Waals surface area contributed by atoms with Crippen LogP contribution in [0.3, 0.4) is 0 Å². The fraction of sp³-hybridized carbons (Fsp3) is 0.229. The molecule has 0 aromatic heterocycles. The molecule has 0 radical (unpaired) electrons. The van der Waals surface area contributed by atoms with E-state index in [1.54, 1.807) is 55.6 Å². The number of ether oxygens (including phenoxy) is 2. The average Bonchev–Trinajstić information content (AvgIpc) is 3.04. The monoisotopic (exact) mass is 628 g/mol. The van der Waals surface area contributed by atoms with Crippen LogP contribution in [0.25, 0.3) is 0 Å². The number of halogens is 2. The van der Waals surface area contributed by atoms with Crippen molar-refractivity contribution in [2.45, 2.75) is 45.1 Å². The van der Waals surface area contributed by atoms with Crippen LogP contribution in [0.5, 0.6) is 11.5 Å². The van der Waals surface area contributed by atoms with Gasteiger partial charge in [0, 0.05) is 29.9 Å². The number of alkyl halides is 2. The first-order valence-electron chi connectivity index (χ1n) is 14.5. The smallest absolute Gasteiger partial charge is 0.387 e. The Bertz CT molecular complexity index is 1680. The van der Waals surface area contributed by atoms with E-state index in [9.17, 15) is 23.5 Å². The summed E-state index contributed by atoms with van der Waals surface area (Å²) >= 11 is 0. The summed E-state index contributed by atoms with van der Waals surface area (Å²) in [4.78, 5) is 25.6. The number of rotatable bonds is 15. The van der Waals surface area contributed by atoms with Crippen molar-refractivity contribution in [1.29, 1.82) is 5.26 Å². The molecule has 46 heavy (non-hydrogen) atoms. The summed E-state index contributed by atoms with van der Waals surface area (Å²) < 4.78 is 36.4. The van der Waals surface area contributed by atoms with Gasteiger partial charge in [0.1, 0.15) is 18.1 Å². The Morgan fingerprint density at radius 2 is 1.63 bits per heavy atom. The Balaban J connectivity index is 1.58. The number of nitrogens with zero attached hydrogens (tertiary/aromatic N) is 1. The Morgan fingerprint density at radius 1 is 0.935 bits per heavy atom. The van der Waals surface area contributed by atoms with E-state index in [2.05, 4.69) is 20.7 Å². The summed E-state index contributed by atoms with van der Waals surface area (Å²) in [7, 11) is 1.67. The van der Waals surface area contributed by atoms with Gasteiger partial charge in [0.05, 0.1) is 11.6 Å². The molecule has 0 aliphatic rings. The van der Waals surface area contributed by atoms with Crippen LogP contribution >= 0.6 is 0 Å². The number of nitrogens with one attached hydrogen (secondary N) is 3. The first kappa shape index (κ1) is 33.4. The lowest BCUT2D eigenvalue weighted by molar-refractivity contribution is -0.138. The zero-order chi connectivity index (χ0) is 33.1. The molecule has 0 aliphatic heterocycles. The van der Waals surface area contributed by atoms with Crippen LogP contribution in [0.4, 0.5) is 20.2 Å². The molecule has 0 spiro atoms. The van der Waals surface area contributed by atoms with Crippen molar-refractivity contribution in [3.8, 4) is 17.6 Å². The lowest BCUT2D eigenvalue weighted by atomic mass is 9.92. The number of benzene rings is 4. The highest BCUT2D eigenvalue weighted by Crippen LogP contribution is 2.34. The van der Waals surface area contributed by atoms with Gasteiger partial charge in [0.25, 0.3) is 0 Å². The number of anilines is 2. The van der Waals surface area contributed by atoms with Gasteiger partial charge in [-0.1, -0.05) is 43.3 Å². The van der Waals surface area contributed by atoms with Gasteiger partial charge in [-0.15, -0.1) is 0 Å². The van der Waals surface area contributed by atoms with Crippen molar-refractivity contribution in [1.82, 2.24) is 5.32 Å². The molecule has 4 aromatic carbocycles. The molecule has 2 unspecified atom stereocenters. The number of nitriles is 1. The summed E-state index contributed by atoms with van der Waals surface area (Å²) in [5.74, 6) is -1.35. The average molecular weight is 629 g/mol. The van der Waals surface area contributed by atoms with Crippen LogP contribution in [0.1, 0.15) is 53.1 Å². The number of hydrogen-bond acceptors (Lipinski definition) is 7. The second-order valence-electron chi connectivity index (χ2n) is 10.6. The minimum atomic E-state index is -2.98. The van der Waals surface area contributed by atoms with E-state index in [1.807, 2.05) is 43.3 Å². The van der Waals surface area contributed by atoms with Gasteiger partial charge in [-0.25, -0.2) is 4.79 Å². The van der Waals surface area contributed by atoms with Crippen molar-refractivity contribution < 1.29 is 33.0 Å². The summed E-state index contributed by atoms with van der Waals surface area (Å²) in [6.07, 6.45) is 0.0165. The maximum absolute atomic E-state index is 13.2. The lowest BCUT2D eigenvalue weighted by Crippen LogP contribution is -2.21. The van der Waals surface area contributed by atoms with Gasteiger partial charge < -0.3 is 30.5 Å². The third-order valence-corrected chi connectivity index (χ3v) is 7.13. The highest BCUT2D eigenvalue weighted by molar-refractivity contribution is 5.91. The van der Waals surface area contributed by atoms with E-state index in [1.165, 1.54) is 12.1 Å². The fourth-order valence-corrected chi connectivity index (χ4v) is 4.89. The first-order valence-corrected chi connectivity index (χ1v) is 14.5. The van der Waals surface area contributed by atoms with Crippen LogP contribution in [-0.4, -0.2) is 30.6 Å². The van der Waals surface area contributed by atoms with Crippen molar-refractivity contribution in [3.05, 3.63) is 119 Å². The molecule has 2 atom stereocenters. The molecular weight excluding hydrogens is 594 g/mol. The number of carboxylic acids is 1. The molecule has 4 rings (SSSR count). The molecule has 0 heterocycles. The third-order valence-electron chi connectivity index (χ3n) is 7.13.